The van der Waals surface area contributed by atoms with Gasteiger partial charge in [0.1, 0.15) is 6.10 Å². The third-order valence-electron chi connectivity index (χ3n) is 2.58. The van der Waals surface area contributed by atoms with E-state index in [4.69, 9.17) is 4.74 Å². The molecule has 3 rings (SSSR count). The molecular formula is C9H9IO4. The average molecular weight is 308 g/mol. The summed E-state index contributed by atoms with van der Waals surface area (Å²) in [6, 6.07) is 0. The lowest BCUT2D eigenvalue weighted by Gasteiger charge is -2.36. The number of methoxy groups -OCH3 is 1. The molecule has 0 aromatic carbocycles. The molecule has 14 heavy (non-hydrogen) atoms. The molecule has 0 radical (unpaired) electrons. The molecule has 4 nitrogen and oxygen atoms in total. The summed E-state index contributed by atoms with van der Waals surface area (Å²) < 4.78 is 10.8. The van der Waals surface area contributed by atoms with Crippen molar-refractivity contribution < 1.29 is 19.1 Å². The molecule has 0 unspecified atom stereocenters. The van der Waals surface area contributed by atoms with E-state index in [0.29, 0.717) is 6.42 Å². The summed E-state index contributed by atoms with van der Waals surface area (Å²) >= 11 is 2.14. The van der Waals surface area contributed by atoms with Crippen LogP contribution in [0, 0.1) is 11.8 Å². The van der Waals surface area contributed by atoms with Gasteiger partial charge in [0.25, 0.3) is 0 Å². The van der Waals surface area contributed by atoms with E-state index in [1.54, 1.807) is 0 Å². The van der Waals surface area contributed by atoms with E-state index in [2.05, 4.69) is 27.3 Å². The number of hydrogen-bond donors (Lipinski definition) is 0. The minimum atomic E-state index is -0.445. The smallest absolute Gasteiger partial charge is 0.314 e. The largest absolute Gasteiger partial charge is 0.469 e. The molecule has 2 aliphatic heterocycles. The van der Waals surface area contributed by atoms with E-state index in [0.717, 1.165) is 3.58 Å². The van der Waals surface area contributed by atoms with Gasteiger partial charge >= 0.3 is 11.9 Å². The monoisotopic (exact) mass is 308 g/mol. The lowest BCUT2D eigenvalue weighted by atomic mass is 9.80. The summed E-state index contributed by atoms with van der Waals surface area (Å²) in [5, 5.41) is 0. The molecule has 1 aliphatic carbocycles. The molecule has 2 heterocycles. The second-order valence-corrected chi connectivity index (χ2v) is 4.61. The van der Waals surface area contributed by atoms with Crippen molar-refractivity contribution in [2.45, 2.75) is 12.5 Å². The van der Waals surface area contributed by atoms with Gasteiger partial charge in [-0.1, -0.05) is 6.08 Å². The van der Waals surface area contributed by atoms with E-state index < -0.39 is 5.92 Å². The number of fused-ring (bicyclic) bond motifs is 2. The topological polar surface area (TPSA) is 52.6 Å². The molecule has 5 heteroatoms. The van der Waals surface area contributed by atoms with Gasteiger partial charge in [-0.15, -0.1) is 0 Å². The first-order chi connectivity index (χ1) is 6.63. The highest BCUT2D eigenvalue weighted by molar-refractivity contribution is 14.1. The van der Waals surface area contributed by atoms with Crippen molar-refractivity contribution in [2.24, 2.45) is 11.8 Å². The zero-order valence-corrected chi connectivity index (χ0v) is 9.68. The van der Waals surface area contributed by atoms with Gasteiger partial charge in [-0.05, 0) is 22.6 Å². The van der Waals surface area contributed by atoms with E-state index >= 15 is 0 Å². The van der Waals surface area contributed by atoms with Crippen LogP contribution in [-0.2, 0) is 19.1 Å². The maximum absolute atomic E-state index is 11.4. The Kier molecular flexibility index (Phi) is 2.50. The minimum absolute atomic E-state index is 0.239. The van der Waals surface area contributed by atoms with Crippen molar-refractivity contribution in [1.29, 1.82) is 0 Å². The van der Waals surface area contributed by atoms with Crippen LogP contribution in [0.25, 0.3) is 0 Å². The number of rotatable bonds is 1. The molecule has 3 atom stereocenters. The fourth-order valence-corrected chi connectivity index (χ4v) is 2.60. The fourth-order valence-electron chi connectivity index (χ4n) is 1.83. The summed E-state index contributed by atoms with van der Waals surface area (Å²) in [5.41, 5.74) is 0. The van der Waals surface area contributed by atoms with Crippen molar-refractivity contribution in [3.8, 4) is 0 Å². The minimum Gasteiger partial charge on any atom is -0.469 e. The highest BCUT2D eigenvalue weighted by Gasteiger charge is 2.46. The van der Waals surface area contributed by atoms with Crippen LogP contribution >= 0.6 is 22.6 Å². The van der Waals surface area contributed by atoms with Crippen molar-refractivity contribution in [3.05, 3.63) is 9.66 Å². The normalized spacial score (nSPS) is 34.9. The second-order valence-electron chi connectivity index (χ2n) is 3.37. The molecule has 1 fully saturated rings. The predicted octanol–water partition coefficient (Wildman–Crippen LogP) is 1.04. The lowest BCUT2D eigenvalue weighted by molar-refractivity contribution is -0.170. The molecule has 0 saturated carbocycles. The van der Waals surface area contributed by atoms with Crippen LogP contribution in [0.5, 0.6) is 0 Å². The summed E-state index contributed by atoms with van der Waals surface area (Å²) in [7, 11) is 1.34. The Morgan fingerprint density at radius 3 is 3.00 bits per heavy atom. The zero-order chi connectivity index (χ0) is 10.3. The molecule has 0 aromatic rings. The Hall–Kier alpha value is -0.590. The van der Waals surface area contributed by atoms with Gasteiger partial charge in [-0.2, -0.15) is 0 Å². The van der Waals surface area contributed by atoms with Crippen molar-refractivity contribution in [3.63, 3.8) is 0 Å². The number of esters is 2. The molecule has 0 aromatic heterocycles. The van der Waals surface area contributed by atoms with Crippen LogP contribution in [0.2, 0.25) is 0 Å². The van der Waals surface area contributed by atoms with Crippen molar-refractivity contribution in [1.82, 2.24) is 0 Å². The predicted molar refractivity (Wildman–Crippen MR) is 55.6 cm³/mol. The molecular weight excluding hydrogens is 299 g/mol. The van der Waals surface area contributed by atoms with E-state index in [-0.39, 0.29) is 24.0 Å². The van der Waals surface area contributed by atoms with Gasteiger partial charge in [0, 0.05) is 10.0 Å². The summed E-state index contributed by atoms with van der Waals surface area (Å²) in [4.78, 5) is 22.7. The van der Waals surface area contributed by atoms with Gasteiger partial charge in [0.05, 0.1) is 18.9 Å². The first kappa shape index (κ1) is 9.95. The summed E-state index contributed by atoms with van der Waals surface area (Å²) in [6.07, 6.45) is 2.12. The van der Waals surface area contributed by atoms with Gasteiger partial charge in [-0.25, -0.2) is 0 Å². The van der Waals surface area contributed by atoms with Crippen molar-refractivity contribution in [2.75, 3.05) is 7.11 Å². The van der Waals surface area contributed by atoms with Gasteiger partial charge in [0.2, 0.25) is 0 Å². The standard InChI is InChI=1S/C9H9IO4/c1-13-8(11)5-3-7-6(10)2-4(5)9(12)14-7/h2,4-5,7H,3H2,1H3/t4-,5+,7-/m0/s1. The van der Waals surface area contributed by atoms with Crippen LogP contribution in [0.1, 0.15) is 6.42 Å². The maximum Gasteiger partial charge on any atom is 0.314 e. The third-order valence-corrected chi connectivity index (χ3v) is 3.64. The lowest BCUT2D eigenvalue weighted by Crippen LogP contribution is -2.45. The van der Waals surface area contributed by atoms with Crippen LogP contribution in [0.15, 0.2) is 9.66 Å². The number of ether oxygens (including phenoxy) is 2. The molecule has 1 saturated heterocycles. The fraction of sp³-hybridized carbons (Fsp3) is 0.556. The van der Waals surface area contributed by atoms with Gasteiger partial charge < -0.3 is 9.47 Å². The molecule has 0 N–H and O–H groups in total. The second kappa shape index (κ2) is 3.52. The SMILES string of the molecule is COC(=O)[C@@H]1C[C@@H]2OC(=O)[C@H]1C=C2I. The van der Waals surface area contributed by atoms with Gasteiger partial charge in [-0.3, -0.25) is 9.59 Å². The Morgan fingerprint density at radius 2 is 2.43 bits per heavy atom. The van der Waals surface area contributed by atoms with E-state index in [9.17, 15) is 9.59 Å². The van der Waals surface area contributed by atoms with E-state index in [1.807, 2.05) is 6.08 Å². The Morgan fingerprint density at radius 1 is 1.71 bits per heavy atom. The third kappa shape index (κ3) is 1.43. The van der Waals surface area contributed by atoms with Crippen LogP contribution in [0.4, 0.5) is 0 Å². The van der Waals surface area contributed by atoms with E-state index in [1.165, 1.54) is 7.11 Å². The number of hydrogen-bond acceptors (Lipinski definition) is 4. The zero-order valence-electron chi connectivity index (χ0n) is 7.53. The van der Waals surface area contributed by atoms with Crippen LogP contribution in [-0.4, -0.2) is 25.2 Å². The highest BCUT2D eigenvalue weighted by Crippen LogP contribution is 2.40. The Balaban J connectivity index is 2.27. The molecule has 3 aliphatic rings. The number of halogens is 1. The number of carbonyl (C=O) groups excluding carboxylic acids is 2. The summed E-state index contributed by atoms with van der Waals surface area (Å²) in [6.45, 7) is 0. The molecule has 0 amide bonds. The molecule has 76 valence electrons. The molecule has 0 spiro atoms. The summed E-state index contributed by atoms with van der Waals surface area (Å²) in [5.74, 6) is -1.43. The Bertz CT molecular complexity index is 323. The van der Waals surface area contributed by atoms with Crippen LogP contribution < -0.4 is 0 Å². The number of carbonyl (C=O) groups is 2. The highest BCUT2D eigenvalue weighted by atomic mass is 127. The van der Waals surface area contributed by atoms with Crippen molar-refractivity contribution >= 4 is 34.5 Å². The average Bonchev–Trinajstić information content (AvgIpc) is 2.18. The first-order valence-electron chi connectivity index (χ1n) is 4.29. The Labute approximate surface area is 94.8 Å². The van der Waals surface area contributed by atoms with Crippen LogP contribution in [0.3, 0.4) is 0 Å². The first-order valence-corrected chi connectivity index (χ1v) is 5.37. The maximum atomic E-state index is 11.4. The van der Waals surface area contributed by atoms with Gasteiger partial charge in [0.15, 0.2) is 0 Å². The molecule has 2 bridgehead atoms. The quantitative estimate of drug-likeness (QED) is 0.536.